The average molecular weight is 473 g/mol. The van der Waals surface area contributed by atoms with Crippen LogP contribution in [0.1, 0.15) is 54.8 Å². The van der Waals surface area contributed by atoms with Crippen molar-refractivity contribution in [2.24, 2.45) is 5.10 Å². The summed E-state index contributed by atoms with van der Waals surface area (Å²) in [5.74, 6) is 0.454. The number of carbonyl (C=O) groups excluding carboxylic acids is 2. The third kappa shape index (κ3) is 5.84. The molecule has 2 aromatic carbocycles. The number of rotatable bonds is 5. The Balaban J connectivity index is 1.57. The standard InChI is InChI=1S/C27H28N4O4/c1-27(2,3)35-26(33)29-20-12-8-18(9-13-20)23-17-24(22-7-5-6-16-28-22)31(30-23)25(32)19-10-14-21(34-4)15-11-19/h5-16,24H,17H2,1-4H3,(H,29,33). The summed E-state index contributed by atoms with van der Waals surface area (Å²) in [7, 11) is 1.58. The van der Waals surface area contributed by atoms with Crippen LogP contribution < -0.4 is 10.1 Å². The quantitative estimate of drug-likeness (QED) is 0.535. The summed E-state index contributed by atoms with van der Waals surface area (Å²) < 4.78 is 10.5. The maximum absolute atomic E-state index is 13.4. The molecule has 1 atom stereocenters. The van der Waals surface area contributed by atoms with E-state index in [2.05, 4.69) is 10.3 Å². The van der Waals surface area contributed by atoms with E-state index in [-0.39, 0.29) is 11.9 Å². The molecule has 4 rings (SSSR count). The minimum Gasteiger partial charge on any atom is -0.497 e. The molecule has 0 spiro atoms. The fourth-order valence-corrected chi connectivity index (χ4v) is 3.71. The van der Waals surface area contributed by atoms with Crippen molar-refractivity contribution in [1.29, 1.82) is 0 Å². The second kappa shape index (κ2) is 9.97. The molecule has 1 aliphatic heterocycles. The minimum atomic E-state index is -0.580. The Bertz CT molecular complexity index is 1220. The molecule has 2 amide bonds. The van der Waals surface area contributed by atoms with Crippen LogP contribution in [0.4, 0.5) is 10.5 Å². The molecular formula is C27H28N4O4. The van der Waals surface area contributed by atoms with Crippen molar-refractivity contribution < 1.29 is 19.1 Å². The van der Waals surface area contributed by atoms with Crippen molar-refractivity contribution in [3.63, 3.8) is 0 Å². The maximum Gasteiger partial charge on any atom is 0.412 e. The topological polar surface area (TPSA) is 93.1 Å². The van der Waals surface area contributed by atoms with Crippen LogP contribution in [0, 0.1) is 0 Å². The zero-order chi connectivity index (χ0) is 25.0. The van der Waals surface area contributed by atoms with Gasteiger partial charge in [0.05, 0.1) is 18.5 Å². The zero-order valence-corrected chi connectivity index (χ0v) is 20.2. The number of aromatic nitrogens is 1. The Labute approximate surface area is 204 Å². The van der Waals surface area contributed by atoms with Crippen LogP contribution in [0.3, 0.4) is 0 Å². The number of hydrazone groups is 1. The number of ether oxygens (including phenoxy) is 2. The number of carbonyl (C=O) groups is 2. The second-order valence-electron chi connectivity index (χ2n) is 9.10. The van der Waals surface area contributed by atoms with Gasteiger partial charge in [-0.15, -0.1) is 0 Å². The van der Waals surface area contributed by atoms with Crippen molar-refractivity contribution in [3.05, 3.63) is 89.7 Å². The minimum absolute atomic E-state index is 0.221. The van der Waals surface area contributed by atoms with Gasteiger partial charge in [-0.25, -0.2) is 9.80 Å². The molecule has 180 valence electrons. The fraction of sp³-hybridized carbons (Fsp3) is 0.259. The third-order valence-electron chi connectivity index (χ3n) is 5.35. The van der Waals surface area contributed by atoms with Crippen molar-refractivity contribution in [2.45, 2.75) is 38.8 Å². The molecule has 0 saturated heterocycles. The lowest BCUT2D eigenvalue weighted by atomic mass is 10.0. The van der Waals surface area contributed by atoms with E-state index in [1.54, 1.807) is 49.7 Å². The number of nitrogens with zero attached hydrogens (tertiary/aromatic N) is 3. The molecule has 2 heterocycles. The molecule has 0 fully saturated rings. The van der Waals surface area contributed by atoms with Gasteiger partial charge in [-0.2, -0.15) is 5.10 Å². The Kier molecular flexibility index (Phi) is 6.82. The lowest BCUT2D eigenvalue weighted by molar-refractivity contribution is 0.0635. The van der Waals surface area contributed by atoms with Gasteiger partial charge < -0.3 is 9.47 Å². The van der Waals surface area contributed by atoms with Crippen LogP contribution in [0.25, 0.3) is 0 Å². The van der Waals surface area contributed by atoms with Gasteiger partial charge in [0.2, 0.25) is 0 Å². The molecule has 35 heavy (non-hydrogen) atoms. The summed E-state index contributed by atoms with van der Waals surface area (Å²) in [6.45, 7) is 5.43. The van der Waals surface area contributed by atoms with Crippen molar-refractivity contribution in [2.75, 3.05) is 12.4 Å². The highest BCUT2D eigenvalue weighted by molar-refractivity contribution is 6.05. The molecule has 1 unspecified atom stereocenters. The Hall–Kier alpha value is -4.20. The lowest BCUT2D eigenvalue weighted by Crippen LogP contribution is -2.27. The summed E-state index contributed by atoms with van der Waals surface area (Å²) in [6.07, 6.45) is 1.70. The Morgan fingerprint density at radius 2 is 1.71 bits per heavy atom. The molecule has 1 N–H and O–H groups in total. The number of amides is 2. The van der Waals surface area contributed by atoms with Gasteiger partial charge in [-0.3, -0.25) is 15.1 Å². The lowest BCUT2D eigenvalue weighted by Gasteiger charge is -2.21. The van der Waals surface area contributed by atoms with Crippen molar-refractivity contribution in [1.82, 2.24) is 9.99 Å². The number of hydrogen-bond acceptors (Lipinski definition) is 6. The van der Waals surface area contributed by atoms with Crippen LogP contribution in [-0.4, -0.2) is 40.4 Å². The van der Waals surface area contributed by atoms with Crippen LogP contribution >= 0.6 is 0 Å². The highest BCUT2D eigenvalue weighted by Gasteiger charge is 2.34. The first-order valence-electron chi connectivity index (χ1n) is 11.3. The normalized spacial score (nSPS) is 15.4. The molecule has 0 bridgehead atoms. The van der Waals surface area contributed by atoms with E-state index in [1.165, 1.54) is 5.01 Å². The summed E-state index contributed by atoms with van der Waals surface area (Å²) in [5, 5.41) is 8.91. The predicted octanol–water partition coefficient (Wildman–Crippen LogP) is 5.43. The number of methoxy groups -OCH3 is 1. The first-order valence-corrected chi connectivity index (χ1v) is 11.3. The molecule has 0 aliphatic carbocycles. The number of anilines is 1. The molecular weight excluding hydrogens is 444 g/mol. The van der Waals surface area contributed by atoms with E-state index in [4.69, 9.17) is 14.6 Å². The first kappa shape index (κ1) is 23.9. The number of benzene rings is 2. The van der Waals surface area contributed by atoms with Crippen molar-refractivity contribution >= 4 is 23.4 Å². The highest BCUT2D eigenvalue weighted by atomic mass is 16.6. The summed E-state index contributed by atoms with van der Waals surface area (Å²) in [6, 6.07) is 19.5. The number of pyridine rings is 1. The van der Waals surface area contributed by atoms with E-state index in [0.717, 1.165) is 17.0 Å². The first-order chi connectivity index (χ1) is 16.7. The van der Waals surface area contributed by atoms with E-state index < -0.39 is 11.7 Å². The van der Waals surface area contributed by atoms with Gasteiger partial charge in [-0.1, -0.05) is 18.2 Å². The van der Waals surface area contributed by atoms with Crippen molar-refractivity contribution in [3.8, 4) is 5.75 Å². The van der Waals surface area contributed by atoms with Crippen LogP contribution in [0.15, 0.2) is 78.0 Å². The average Bonchev–Trinajstić information content (AvgIpc) is 3.29. The molecule has 1 aliphatic rings. The van der Waals surface area contributed by atoms with E-state index >= 15 is 0 Å². The molecule has 1 aromatic heterocycles. The molecule has 8 nitrogen and oxygen atoms in total. The van der Waals surface area contributed by atoms with E-state index in [9.17, 15) is 9.59 Å². The molecule has 0 radical (unpaired) electrons. The maximum atomic E-state index is 13.4. The smallest absolute Gasteiger partial charge is 0.412 e. The third-order valence-corrected chi connectivity index (χ3v) is 5.35. The van der Waals surface area contributed by atoms with Gasteiger partial charge in [0.25, 0.3) is 5.91 Å². The van der Waals surface area contributed by atoms with Gasteiger partial charge >= 0.3 is 6.09 Å². The van der Waals surface area contributed by atoms with Crippen LogP contribution in [0.5, 0.6) is 5.75 Å². The van der Waals surface area contributed by atoms with Gasteiger partial charge in [0.15, 0.2) is 0 Å². The van der Waals surface area contributed by atoms with Gasteiger partial charge in [-0.05, 0) is 74.9 Å². The molecule has 8 heteroatoms. The molecule has 3 aromatic rings. The predicted molar refractivity (Wildman–Crippen MR) is 134 cm³/mol. The van der Waals surface area contributed by atoms with E-state index in [0.29, 0.717) is 23.4 Å². The Morgan fingerprint density at radius 3 is 2.31 bits per heavy atom. The highest BCUT2D eigenvalue weighted by Crippen LogP contribution is 2.33. The zero-order valence-electron chi connectivity index (χ0n) is 20.2. The fourth-order valence-electron chi connectivity index (χ4n) is 3.71. The summed E-state index contributed by atoms with van der Waals surface area (Å²) in [5.41, 5.74) is 2.90. The molecule has 0 saturated carbocycles. The van der Waals surface area contributed by atoms with Crippen LogP contribution in [0.2, 0.25) is 0 Å². The largest absolute Gasteiger partial charge is 0.497 e. The summed E-state index contributed by atoms with van der Waals surface area (Å²) in [4.78, 5) is 29.9. The number of hydrogen-bond donors (Lipinski definition) is 1. The summed E-state index contributed by atoms with van der Waals surface area (Å²) >= 11 is 0. The van der Waals surface area contributed by atoms with Gasteiger partial charge in [0, 0.05) is 23.9 Å². The number of nitrogens with one attached hydrogen (secondary N) is 1. The second-order valence-corrected chi connectivity index (χ2v) is 9.10. The van der Waals surface area contributed by atoms with E-state index in [1.807, 2.05) is 51.1 Å². The monoisotopic (exact) mass is 472 g/mol. The SMILES string of the molecule is COc1ccc(C(=O)N2N=C(c3ccc(NC(=O)OC(C)(C)C)cc3)CC2c2ccccn2)cc1. The Morgan fingerprint density at radius 1 is 1.00 bits per heavy atom. The van der Waals surface area contributed by atoms with Gasteiger partial charge in [0.1, 0.15) is 17.4 Å². The van der Waals surface area contributed by atoms with Crippen LogP contribution in [-0.2, 0) is 4.74 Å².